The van der Waals surface area contributed by atoms with E-state index in [1.54, 1.807) is 7.11 Å². The Hall–Kier alpha value is -0.830. The summed E-state index contributed by atoms with van der Waals surface area (Å²) >= 11 is 0. The monoisotopic (exact) mass is 156 g/mol. The highest BCUT2D eigenvalue weighted by Crippen LogP contribution is 2.16. The molecule has 0 fully saturated rings. The summed E-state index contributed by atoms with van der Waals surface area (Å²) in [6.45, 7) is 1.41. The van der Waals surface area contributed by atoms with Crippen molar-refractivity contribution in [2.24, 2.45) is 0 Å². The predicted octanol–water partition coefficient (Wildman–Crippen LogP) is 0.893. The molecule has 3 heteroatoms. The van der Waals surface area contributed by atoms with Crippen molar-refractivity contribution in [3.63, 3.8) is 0 Å². The Morgan fingerprint density at radius 3 is 2.55 bits per heavy atom. The molecule has 0 radical (unpaired) electrons. The zero-order valence-corrected chi connectivity index (χ0v) is 6.74. The van der Waals surface area contributed by atoms with Gasteiger partial charge in [0, 0.05) is 20.5 Å². The zero-order valence-electron chi connectivity index (χ0n) is 6.74. The van der Waals surface area contributed by atoms with Crippen LogP contribution in [0.4, 0.5) is 0 Å². The topological polar surface area (TPSA) is 35.5 Å². The molecule has 2 atom stereocenters. The van der Waals surface area contributed by atoms with E-state index in [1.807, 2.05) is 12.2 Å². The lowest BCUT2D eigenvalue weighted by Crippen LogP contribution is -2.15. The van der Waals surface area contributed by atoms with E-state index in [4.69, 9.17) is 9.47 Å². The van der Waals surface area contributed by atoms with Crippen LogP contribution in [0.5, 0.6) is 0 Å². The minimum absolute atomic E-state index is 0.0857. The first-order chi connectivity index (χ1) is 5.22. The van der Waals surface area contributed by atoms with Crippen molar-refractivity contribution in [2.75, 3.05) is 7.11 Å². The minimum Gasteiger partial charge on any atom is -0.458 e. The number of hydrogen-bond acceptors (Lipinski definition) is 3. The lowest BCUT2D eigenvalue weighted by molar-refractivity contribution is -0.144. The van der Waals surface area contributed by atoms with Crippen molar-refractivity contribution < 1.29 is 14.3 Å². The normalized spacial score (nSPS) is 28.9. The summed E-state index contributed by atoms with van der Waals surface area (Å²) in [6, 6.07) is 0. The lowest BCUT2D eigenvalue weighted by atomic mass is 10.3. The Morgan fingerprint density at radius 2 is 2.09 bits per heavy atom. The molecule has 1 rings (SSSR count). The largest absolute Gasteiger partial charge is 0.458 e. The maximum absolute atomic E-state index is 10.5. The first kappa shape index (κ1) is 8.27. The summed E-state index contributed by atoms with van der Waals surface area (Å²) in [5.41, 5.74) is 0. The zero-order chi connectivity index (χ0) is 8.27. The molecular formula is C8H12O3. The van der Waals surface area contributed by atoms with Gasteiger partial charge in [-0.1, -0.05) is 6.08 Å². The second-order valence-electron chi connectivity index (χ2n) is 2.54. The highest BCUT2D eigenvalue weighted by atomic mass is 16.5. The first-order valence-corrected chi connectivity index (χ1v) is 3.60. The second kappa shape index (κ2) is 3.53. The molecule has 11 heavy (non-hydrogen) atoms. The average molecular weight is 156 g/mol. The number of methoxy groups -OCH3 is 1. The van der Waals surface area contributed by atoms with Crippen LogP contribution in [-0.2, 0) is 14.3 Å². The smallest absolute Gasteiger partial charge is 0.303 e. The van der Waals surface area contributed by atoms with Crippen LogP contribution < -0.4 is 0 Å². The van der Waals surface area contributed by atoms with Gasteiger partial charge in [-0.15, -0.1) is 0 Å². The molecule has 0 unspecified atom stereocenters. The van der Waals surface area contributed by atoms with Gasteiger partial charge in [0.2, 0.25) is 0 Å². The Balaban J connectivity index is 2.32. The van der Waals surface area contributed by atoms with Crippen molar-refractivity contribution >= 4 is 5.97 Å². The van der Waals surface area contributed by atoms with E-state index in [2.05, 4.69) is 0 Å². The van der Waals surface area contributed by atoms with Gasteiger partial charge in [0.1, 0.15) is 6.10 Å². The molecule has 0 aromatic rings. The number of ether oxygens (including phenoxy) is 2. The highest BCUT2D eigenvalue weighted by molar-refractivity contribution is 5.66. The molecule has 62 valence electrons. The van der Waals surface area contributed by atoms with Crippen molar-refractivity contribution in [1.29, 1.82) is 0 Å². The molecule has 0 heterocycles. The van der Waals surface area contributed by atoms with Crippen molar-refractivity contribution in [2.45, 2.75) is 25.6 Å². The second-order valence-corrected chi connectivity index (χ2v) is 2.54. The van der Waals surface area contributed by atoms with Crippen LogP contribution in [-0.4, -0.2) is 25.3 Å². The molecule has 0 bridgehead atoms. The summed E-state index contributed by atoms with van der Waals surface area (Å²) in [4.78, 5) is 10.5. The van der Waals surface area contributed by atoms with Gasteiger partial charge in [-0.2, -0.15) is 0 Å². The maximum Gasteiger partial charge on any atom is 0.303 e. The molecule has 0 saturated carbocycles. The number of esters is 1. The van der Waals surface area contributed by atoms with E-state index in [0.717, 1.165) is 6.42 Å². The fraction of sp³-hybridized carbons (Fsp3) is 0.625. The predicted molar refractivity (Wildman–Crippen MR) is 40.1 cm³/mol. The summed E-state index contributed by atoms with van der Waals surface area (Å²) < 4.78 is 9.98. The van der Waals surface area contributed by atoms with Crippen LogP contribution in [0.25, 0.3) is 0 Å². The molecule has 0 spiro atoms. The third-order valence-electron chi connectivity index (χ3n) is 1.63. The van der Waals surface area contributed by atoms with E-state index >= 15 is 0 Å². The molecule has 3 nitrogen and oxygen atoms in total. The Bertz CT molecular complexity index is 174. The Labute approximate surface area is 66.0 Å². The maximum atomic E-state index is 10.5. The number of carbonyl (C=O) groups excluding carboxylic acids is 1. The quantitative estimate of drug-likeness (QED) is 0.440. The van der Waals surface area contributed by atoms with Crippen LogP contribution in [0.15, 0.2) is 12.2 Å². The summed E-state index contributed by atoms with van der Waals surface area (Å²) in [5, 5.41) is 0. The third kappa shape index (κ3) is 2.35. The van der Waals surface area contributed by atoms with E-state index in [9.17, 15) is 4.79 Å². The van der Waals surface area contributed by atoms with Gasteiger partial charge >= 0.3 is 5.97 Å². The fourth-order valence-electron chi connectivity index (χ4n) is 1.11. The molecule has 0 aromatic carbocycles. The average Bonchev–Trinajstić information content (AvgIpc) is 2.34. The molecule has 0 N–H and O–H groups in total. The fourth-order valence-corrected chi connectivity index (χ4v) is 1.11. The number of rotatable bonds is 2. The Kier molecular flexibility index (Phi) is 2.65. The molecular weight excluding hydrogens is 144 g/mol. The van der Waals surface area contributed by atoms with Gasteiger partial charge in [-0.3, -0.25) is 4.79 Å². The Morgan fingerprint density at radius 1 is 1.45 bits per heavy atom. The van der Waals surface area contributed by atoms with Gasteiger partial charge in [0.15, 0.2) is 0 Å². The first-order valence-electron chi connectivity index (χ1n) is 3.60. The van der Waals surface area contributed by atoms with Crippen molar-refractivity contribution in [3.8, 4) is 0 Å². The van der Waals surface area contributed by atoms with Crippen LogP contribution in [0.3, 0.4) is 0 Å². The van der Waals surface area contributed by atoms with Gasteiger partial charge < -0.3 is 9.47 Å². The van der Waals surface area contributed by atoms with E-state index < -0.39 is 0 Å². The molecule has 0 amide bonds. The molecule has 1 aliphatic carbocycles. The molecule has 0 saturated heterocycles. The summed E-state index contributed by atoms with van der Waals surface area (Å²) in [5.74, 6) is -0.239. The molecule has 0 aliphatic heterocycles. The van der Waals surface area contributed by atoms with E-state index in [-0.39, 0.29) is 18.2 Å². The van der Waals surface area contributed by atoms with E-state index in [0.29, 0.717) is 0 Å². The standard InChI is InChI=1S/C8H12O3/c1-6(9)11-8-4-3-7(5-8)10-2/h3-4,7-8H,5H2,1-2H3/t7-,8+/m1/s1. The summed E-state index contributed by atoms with van der Waals surface area (Å²) in [6.07, 6.45) is 4.54. The SMILES string of the molecule is CO[C@@H]1C=C[C@H](OC(C)=O)C1. The lowest BCUT2D eigenvalue weighted by Gasteiger charge is -2.10. The van der Waals surface area contributed by atoms with Gasteiger partial charge in [0.05, 0.1) is 6.10 Å². The van der Waals surface area contributed by atoms with Gasteiger partial charge in [-0.05, 0) is 6.08 Å². The van der Waals surface area contributed by atoms with Crippen LogP contribution in [0.1, 0.15) is 13.3 Å². The van der Waals surface area contributed by atoms with E-state index in [1.165, 1.54) is 6.92 Å². The molecule has 1 aliphatic rings. The highest BCUT2D eigenvalue weighted by Gasteiger charge is 2.19. The van der Waals surface area contributed by atoms with Crippen LogP contribution in [0.2, 0.25) is 0 Å². The molecule has 0 aromatic heterocycles. The summed E-state index contributed by atoms with van der Waals surface area (Å²) in [7, 11) is 1.64. The number of hydrogen-bond donors (Lipinski definition) is 0. The van der Waals surface area contributed by atoms with Gasteiger partial charge in [-0.25, -0.2) is 0 Å². The van der Waals surface area contributed by atoms with Crippen molar-refractivity contribution in [1.82, 2.24) is 0 Å². The van der Waals surface area contributed by atoms with Crippen LogP contribution >= 0.6 is 0 Å². The number of carbonyl (C=O) groups is 1. The van der Waals surface area contributed by atoms with Crippen molar-refractivity contribution in [3.05, 3.63) is 12.2 Å². The van der Waals surface area contributed by atoms with Gasteiger partial charge in [0.25, 0.3) is 0 Å². The third-order valence-corrected chi connectivity index (χ3v) is 1.63. The minimum atomic E-state index is -0.239. The van der Waals surface area contributed by atoms with Crippen LogP contribution in [0, 0.1) is 0 Å².